The highest BCUT2D eigenvalue weighted by atomic mass is 16.5. The number of nitrogens with zero attached hydrogens (tertiary/aromatic N) is 1. The molecule has 0 aromatic heterocycles. The Morgan fingerprint density at radius 1 is 1.03 bits per heavy atom. The van der Waals surface area contributed by atoms with Crippen LogP contribution < -0.4 is 20.5 Å². The van der Waals surface area contributed by atoms with Crippen LogP contribution in [0.2, 0.25) is 0 Å². The molecule has 0 unspecified atom stereocenters. The number of benzene rings is 3. The molecule has 0 radical (unpaired) electrons. The molecular weight excluding hydrogens is 430 g/mol. The number of rotatable bonds is 8. The van der Waals surface area contributed by atoms with E-state index in [0.717, 1.165) is 18.4 Å². The minimum absolute atomic E-state index is 0.0559. The summed E-state index contributed by atoms with van der Waals surface area (Å²) in [5.74, 6) is 0.445. The number of hydrogen-bond acceptors (Lipinski definition) is 5. The standard InChI is InChI=1S/C27H27N3O4/c1-33-22-15-21-24(26(34-2)20(22)13-6-10-17-8-4-3-5-9-17)25(29-16-23(31)30-21)18-11-7-12-19(14-18)27(28)32/h3-5,7-9,11-12,14-15H,6,10,13,16H2,1-2H3,(H2,28,32)(H,30,31). The van der Waals surface area contributed by atoms with Gasteiger partial charge in [-0.1, -0.05) is 42.5 Å². The van der Waals surface area contributed by atoms with Crippen molar-refractivity contribution in [3.8, 4) is 11.5 Å². The van der Waals surface area contributed by atoms with Crippen LogP contribution in [0.1, 0.15) is 39.0 Å². The van der Waals surface area contributed by atoms with Crippen LogP contribution in [0, 0.1) is 0 Å². The topological polar surface area (TPSA) is 103 Å². The van der Waals surface area contributed by atoms with Gasteiger partial charge in [-0.25, -0.2) is 0 Å². The van der Waals surface area contributed by atoms with Crippen LogP contribution in [0.25, 0.3) is 0 Å². The van der Waals surface area contributed by atoms with Crippen LogP contribution >= 0.6 is 0 Å². The predicted octanol–water partition coefficient (Wildman–Crippen LogP) is 3.77. The second kappa shape index (κ2) is 10.2. The third-order valence-electron chi connectivity index (χ3n) is 5.81. The SMILES string of the molecule is COc1cc2c(c(OC)c1CCCc1ccccc1)C(c1cccc(C(N)=O)c1)=NCC(=O)N2. The number of hydrogen-bond donors (Lipinski definition) is 2. The van der Waals surface area contributed by atoms with Crippen LogP contribution in [0.4, 0.5) is 5.69 Å². The second-order valence-electron chi connectivity index (χ2n) is 8.01. The maximum absolute atomic E-state index is 12.4. The molecule has 3 aromatic carbocycles. The number of nitrogens with one attached hydrogen (secondary N) is 1. The summed E-state index contributed by atoms with van der Waals surface area (Å²) in [5, 5.41) is 2.91. The fourth-order valence-electron chi connectivity index (χ4n) is 4.24. The minimum Gasteiger partial charge on any atom is -0.496 e. The van der Waals surface area contributed by atoms with E-state index in [0.29, 0.717) is 46.0 Å². The van der Waals surface area contributed by atoms with Gasteiger partial charge < -0.3 is 20.5 Å². The molecule has 2 amide bonds. The van der Waals surface area contributed by atoms with Gasteiger partial charge in [0.2, 0.25) is 11.8 Å². The number of carbonyl (C=O) groups is 2. The van der Waals surface area contributed by atoms with Gasteiger partial charge in [0, 0.05) is 22.8 Å². The van der Waals surface area contributed by atoms with Gasteiger partial charge in [-0.3, -0.25) is 14.6 Å². The van der Waals surface area contributed by atoms with Crippen molar-refractivity contribution >= 4 is 23.2 Å². The summed E-state index contributed by atoms with van der Waals surface area (Å²) in [6, 6.07) is 19.0. The zero-order chi connectivity index (χ0) is 24.1. The van der Waals surface area contributed by atoms with Gasteiger partial charge in [0.25, 0.3) is 0 Å². The number of aryl methyl sites for hydroxylation is 1. The second-order valence-corrected chi connectivity index (χ2v) is 8.01. The van der Waals surface area contributed by atoms with E-state index < -0.39 is 5.91 Å². The normalized spacial score (nSPS) is 12.8. The molecule has 3 aromatic rings. The van der Waals surface area contributed by atoms with Gasteiger partial charge in [-0.2, -0.15) is 0 Å². The van der Waals surface area contributed by atoms with Gasteiger partial charge >= 0.3 is 0 Å². The first-order valence-electron chi connectivity index (χ1n) is 11.1. The van der Waals surface area contributed by atoms with E-state index >= 15 is 0 Å². The lowest BCUT2D eigenvalue weighted by Crippen LogP contribution is -2.15. The Morgan fingerprint density at radius 2 is 1.82 bits per heavy atom. The number of amides is 2. The van der Waals surface area contributed by atoms with Gasteiger partial charge in [0.1, 0.15) is 18.0 Å². The van der Waals surface area contributed by atoms with Crippen molar-refractivity contribution in [1.29, 1.82) is 0 Å². The van der Waals surface area contributed by atoms with Crippen LogP contribution in [0.5, 0.6) is 11.5 Å². The Balaban J connectivity index is 1.80. The molecule has 4 rings (SSSR count). The molecule has 34 heavy (non-hydrogen) atoms. The highest BCUT2D eigenvalue weighted by Crippen LogP contribution is 2.41. The average Bonchev–Trinajstić information content (AvgIpc) is 3.02. The lowest BCUT2D eigenvalue weighted by Gasteiger charge is -2.21. The smallest absolute Gasteiger partial charge is 0.248 e. The average molecular weight is 458 g/mol. The highest BCUT2D eigenvalue weighted by Gasteiger charge is 2.27. The summed E-state index contributed by atoms with van der Waals surface area (Å²) in [4.78, 5) is 28.8. The Labute approximate surface area is 198 Å². The van der Waals surface area contributed by atoms with Crippen molar-refractivity contribution in [3.05, 3.63) is 88.5 Å². The van der Waals surface area contributed by atoms with E-state index in [2.05, 4.69) is 22.4 Å². The molecule has 0 bridgehead atoms. The van der Waals surface area contributed by atoms with Gasteiger partial charge in [-0.05, 0) is 37.0 Å². The maximum atomic E-state index is 12.4. The Morgan fingerprint density at radius 3 is 2.53 bits per heavy atom. The number of nitrogens with two attached hydrogens (primary N) is 1. The molecule has 7 nitrogen and oxygen atoms in total. The third kappa shape index (κ3) is 4.78. The first-order chi connectivity index (χ1) is 16.5. The molecule has 7 heteroatoms. The lowest BCUT2D eigenvalue weighted by atomic mass is 9.93. The summed E-state index contributed by atoms with van der Waals surface area (Å²) in [7, 11) is 3.20. The van der Waals surface area contributed by atoms with Crippen molar-refractivity contribution in [2.24, 2.45) is 10.7 Å². The molecule has 1 aliphatic heterocycles. The van der Waals surface area contributed by atoms with Crippen molar-refractivity contribution in [2.45, 2.75) is 19.3 Å². The Bertz CT molecular complexity index is 1250. The lowest BCUT2D eigenvalue weighted by molar-refractivity contribution is -0.114. The summed E-state index contributed by atoms with van der Waals surface area (Å²) in [5.41, 5.74) is 10.4. The first-order valence-corrected chi connectivity index (χ1v) is 11.1. The number of fused-ring (bicyclic) bond motifs is 1. The Kier molecular flexibility index (Phi) is 6.92. The number of benzodiazepines with no additional fused rings is 1. The maximum Gasteiger partial charge on any atom is 0.248 e. The molecule has 0 aliphatic carbocycles. The zero-order valence-corrected chi connectivity index (χ0v) is 19.3. The summed E-state index contributed by atoms with van der Waals surface area (Å²) in [6.45, 7) is -0.0559. The highest BCUT2D eigenvalue weighted by molar-refractivity contribution is 6.21. The predicted molar refractivity (Wildman–Crippen MR) is 132 cm³/mol. The van der Waals surface area contributed by atoms with E-state index in [1.54, 1.807) is 32.4 Å². The van der Waals surface area contributed by atoms with Gasteiger partial charge in [0.15, 0.2) is 0 Å². The monoisotopic (exact) mass is 457 g/mol. The molecule has 1 aliphatic rings. The number of anilines is 1. The fraction of sp³-hybridized carbons (Fsp3) is 0.222. The molecule has 3 N–H and O–H groups in total. The van der Waals surface area contributed by atoms with Crippen molar-refractivity contribution < 1.29 is 19.1 Å². The zero-order valence-electron chi connectivity index (χ0n) is 19.3. The largest absolute Gasteiger partial charge is 0.496 e. The number of primary amides is 1. The quantitative estimate of drug-likeness (QED) is 0.537. The van der Waals surface area contributed by atoms with Crippen molar-refractivity contribution in [1.82, 2.24) is 0 Å². The molecule has 0 atom stereocenters. The third-order valence-corrected chi connectivity index (χ3v) is 5.81. The van der Waals surface area contributed by atoms with E-state index in [1.807, 2.05) is 30.3 Å². The van der Waals surface area contributed by atoms with Crippen LogP contribution in [0.15, 0.2) is 65.7 Å². The summed E-state index contributed by atoms with van der Waals surface area (Å²) < 4.78 is 11.6. The Hall–Kier alpha value is -4.13. The van der Waals surface area contributed by atoms with Gasteiger partial charge in [0.05, 0.1) is 31.2 Å². The molecule has 0 spiro atoms. The van der Waals surface area contributed by atoms with E-state index in [1.165, 1.54) is 5.56 Å². The van der Waals surface area contributed by atoms with E-state index in [-0.39, 0.29) is 12.5 Å². The van der Waals surface area contributed by atoms with Crippen LogP contribution in [0.3, 0.4) is 0 Å². The number of carbonyl (C=O) groups excluding carboxylic acids is 2. The summed E-state index contributed by atoms with van der Waals surface area (Å²) in [6.07, 6.45) is 2.49. The number of methoxy groups -OCH3 is 2. The number of ether oxygens (including phenoxy) is 2. The molecular formula is C27H27N3O4. The molecule has 0 fully saturated rings. The molecule has 1 heterocycles. The van der Waals surface area contributed by atoms with Crippen LogP contribution in [-0.4, -0.2) is 38.3 Å². The van der Waals surface area contributed by atoms with Crippen molar-refractivity contribution in [2.75, 3.05) is 26.1 Å². The molecule has 174 valence electrons. The molecule has 0 saturated heterocycles. The minimum atomic E-state index is -0.534. The van der Waals surface area contributed by atoms with Crippen molar-refractivity contribution in [3.63, 3.8) is 0 Å². The van der Waals surface area contributed by atoms with E-state index in [4.69, 9.17) is 15.2 Å². The van der Waals surface area contributed by atoms with Gasteiger partial charge in [-0.15, -0.1) is 0 Å². The van der Waals surface area contributed by atoms with E-state index in [9.17, 15) is 9.59 Å². The van der Waals surface area contributed by atoms with Crippen LogP contribution in [-0.2, 0) is 17.6 Å². The fourth-order valence-corrected chi connectivity index (χ4v) is 4.24. The molecule has 0 saturated carbocycles. The number of aliphatic imine (C=N–C) groups is 1. The summed E-state index contributed by atoms with van der Waals surface area (Å²) >= 11 is 0. The first kappa shape index (κ1) is 23.0.